The summed E-state index contributed by atoms with van der Waals surface area (Å²) < 4.78 is 12.9. The van der Waals surface area contributed by atoms with Gasteiger partial charge in [0.1, 0.15) is 5.82 Å². The molecule has 0 radical (unpaired) electrons. The lowest BCUT2D eigenvalue weighted by Gasteiger charge is -2.22. The van der Waals surface area contributed by atoms with Crippen LogP contribution in [0.25, 0.3) is 0 Å². The number of hydrogen-bond acceptors (Lipinski definition) is 5. The average Bonchev–Trinajstić information content (AvgIpc) is 3.32. The second-order valence-corrected chi connectivity index (χ2v) is 7.90. The standard InChI is InChI=1S/C23H25N5O3/c1-16-6-5-7-17(12-16)24-23(29)27(18-9-10-19-20(13-18)31-15-30-19)14-21-25-22-8-3-2-4-11-28(22)26-21/h5-7,9-10,12-13H,2-4,8,11,14-15H2,1H3,(H,24,29). The Labute approximate surface area is 180 Å². The number of urea groups is 1. The summed E-state index contributed by atoms with van der Waals surface area (Å²) in [5, 5.41) is 7.67. The van der Waals surface area contributed by atoms with Crippen molar-refractivity contribution < 1.29 is 14.3 Å². The number of amides is 2. The van der Waals surface area contributed by atoms with Crippen molar-refractivity contribution in [2.75, 3.05) is 17.0 Å². The fraction of sp³-hybridized carbons (Fsp3) is 0.348. The first kappa shape index (κ1) is 19.4. The number of aromatic nitrogens is 3. The van der Waals surface area contributed by atoms with Crippen molar-refractivity contribution in [2.24, 2.45) is 0 Å². The van der Waals surface area contributed by atoms with Gasteiger partial charge in [-0.25, -0.2) is 14.5 Å². The van der Waals surface area contributed by atoms with Crippen molar-refractivity contribution >= 4 is 17.4 Å². The third-order valence-electron chi connectivity index (χ3n) is 5.54. The van der Waals surface area contributed by atoms with E-state index < -0.39 is 0 Å². The molecule has 3 aromatic rings. The zero-order chi connectivity index (χ0) is 21.2. The lowest BCUT2D eigenvalue weighted by atomic mass is 10.2. The first-order valence-corrected chi connectivity index (χ1v) is 10.6. The van der Waals surface area contributed by atoms with E-state index in [1.54, 1.807) is 4.90 Å². The lowest BCUT2D eigenvalue weighted by molar-refractivity contribution is 0.174. The summed E-state index contributed by atoms with van der Waals surface area (Å²) in [6.07, 6.45) is 4.35. The highest BCUT2D eigenvalue weighted by molar-refractivity contribution is 6.01. The van der Waals surface area contributed by atoms with Gasteiger partial charge in [-0.1, -0.05) is 18.6 Å². The van der Waals surface area contributed by atoms with E-state index in [1.165, 1.54) is 6.42 Å². The summed E-state index contributed by atoms with van der Waals surface area (Å²) >= 11 is 0. The van der Waals surface area contributed by atoms with Gasteiger partial charge in [0.25, 0.3) is 0 Å². The Morgan fingerprint density at radius 1 is 1.13 bits per heavy atom. The van der Waals surface area contributed by atoms with Crippen molar-refractivity contribution in [3.8, 4) is 11.5 Å². The molecule has 0 bridgehead atoms. The summed E-state index contributed by atoms with van der Waals surface area (Å²) in [4.78, 5) is 19.7. The van der Waals surface area contributed by atoms with Crippen molar-refractivity contribution in [1.82, 2.24) is 14.8 Å². The zero-order valence-corrected chi connectivity index (χ0v) is 17.5. The van der Waals surface area contributed by atoms with Crippen LogP contribution in [0, 0.1) is 6.92 Å². The monoisotopic (exact) mass is 419 g/mol. The van der Waals surface area contributed by atoms with Gasteiger partial charge in [-0.2, -0.15) is 5.10 Å². The van der Waals surface area contributed by atoms with Crippen LogP contribution >= 0.6 is 0 Å². The van der Waals surface area contributed by atoms with Gasteiger partial charge in [0.2, 0.25) is 6.79 Å². The largest absolute Gasteiger partial charge is 0.454 e. The highest BCUT2D eigenvalue weighted by Crippen LogP contribution is 2.36. The number of carbonyl (C=O) groups excluding carboxylic acids is 1. The van der Waals surface area contributed by atoms with Crippen LogP contribution in [0.2, 0.25) is 0 Å². The number of nitrogens with one attached hydrogen (secondary N) is 1. The fourth-order valence-electron chi connectivity index (χ4n) is 3.97. The summed E-state index contributed by atoms with van der Waals surface area (Å²) in [6.45, 7) is 3.32. The minimum atomic E-state index is -0.255. The molecule has 2 aliphatic heterocycles. The van der Waals surface area contributed by atoms with Gasteiger partial charge in [-0.3, -0.25) is 4.90 Å². The van der Waals surface area contributed by atoms with Gasteiger partial charge in [0, 0.05) is 30.4 Å². The van der Waals surface area contributed by atoms with E-state index in [2.05, 4.69) is 10.4 Å². The molecular weight excluding hydrogens is 394 g/mol. The summed E-state index contributed by atoms with van der Waals surface area (Å²) in [5.41, 5.74) is 2.51. The van der Waals surface area contributed by atoms with Gasteiger partial charge >= 0.3 is 6.03 Å². The van der Waals surface area contributed by atoms with Gasteiger partial charge in [-0.05, 0) is 49.6 Å². The number of benzene rings is 2. The van der Waals surface area contributed by atoms with Gasteiger partial charge in [-0.15, -0.1) is 0 Å². The minimum Gasteiger partial charge on any atom is -0.454 e. The average molecular weight is 419 g/mol. The Kier molecular flexibility index (Phi) is 5.19. The van der Waals surface area contributed by atoms with Crippen LogP contribution < -0.4 is 19.7 Å². The van der Waals surface area contributed by atoms with E-state index in [1.807, 2.05) is 54.1 Å². The molecule has 0 spiro atoms. The predicted molar refractivity (Wildman–Crippen MR) is 117 cm³/mol. The van der Waals surface area contributed by atoms with Crippen LogP contribution in [0.4, 0.5) is 16.2 Å². The van der Waals surface area contributed by atoms with E-state index >= 15 is 0 Å². The van der Waals surface area contributed by atoms with Crippen molar-refractivity contribution in [1.29, 1.82) is 0 Å². The maximum absolute atomic E-state index is 13.3. The Morgan fingerprint density at radius 2 is 2.03 bits per heavy atom. The van der Waals surface area contributed by atoms with Crippen LogP contribution in [-0.2, 0) is 19.5 Å². The summed E-state index contributed by atoms with van der Waals surface area (Å²) in [7, 11) is 0. The van der Waals surface area contributed by atoms with Crippen LogP contribution in [-0.4, -0.2) is 27.6 Å². The topological polar surface area (TPSA) is 81.5 Å². The molecule has 8 heteroatoms. The number of fused-ring (bicyclic) bond motifs is 2. The number of hydrogen-bond donors (Lipinski definition) is 1. The van der Waals surface area contributed by atoms with Crippen molar-refractivity contribution in [2.45, 2.75) is 45.7 Å². The third kappa shape index (κ3) is 4.19. The highest BCUT2D eigenvalue weighted by atomic mass is 16.7. The molecule has 3 heterocycles. The number of aryl methyl sites for hydroxylation is 3. The Hall–Kier alpha value is -3.55. The molecule has 1 aromatic heterocycles. The quantitative estimate of drug-likeness (QED) is 0.683. The molecule has 1 N–H and O–H groups in total. The van der Waals surface area contributed by atoms with Crippen LogP contribution in [0.1, 0.15) is 36.5 Å². The first-order chi connectivity index (χ1) is 15.2. The van der Waals surface area contributed by atoms with Crippen molar-refractivity contribution in [3.05, 3.63) is 59.7 Å². The van der Waals surface area contributed by atoms with E-state index in [-0.39, 0.29) is 19.4 Å². The van der Waals surface area contributed by atoms with Gasteiger partial charge in [0.05, 0.1) is 6.54 Å². The van der Waals surface area contributed by atoms with Crippen LogP contribution in [0.5, 0.6) is 11.5 Å². The van der Waals surface area contributed by atoms with Crippen molar-refractivity contribution in [3.63, 3.8) is 0 Å². The molecule has 8 nitrogen and oxygen atoms in total. The fourth-order valence-corrected chi connectivity index (χ4v) is 3.97. The molecule has 31 heavy (non-hydrogen) atoms. The summed E-state index contributed by atoms with van der Waals surface area (Å²) in [6, 6.07) is 13.0. The van der Waals surface area contributed by atoms with Crippen LogP contribution in [0.15, 0.2) is 42.5 Å². The Balaban J connectivity index is 1.44. The molecule has 2 amide bonds. The molecule has 0 aliphatic carbocycles. The number of rotatable bonds is 4. The highest BCUT2D eigenvalue weighted by Gasteiger charge is 2.23. The molecule has 2 aliphatic rings. The lowest BCUT2D eigenvalue weighted by Crippen LogP contribution is -2.35. The molecule has 160 valence electrons. The van der Waals surface area contributed by atoms with Gasteiger partial charge in [0.15, 0.2) is 17.3 Å². The molecular formula is C23H25N5O3. The maximum atomic E-state index is 13.3. The van der Waals surface area contributed by atoms with E-state index in [0.717, 1.165) is 42.9 Å². The van der Waals surface area contributed by atoms with E-state index in [4.69, 9.17) is 14.5 Å². The summed E-state index contributed by atoms with van der Waals surface area (Å²) in [5.74, 6) is 2.93. The predicted octanol–water partition coefficient (Wildman–Crippen LogP) is 4.28. The molecule has 0 fully saturated rings. The first-order valence-electron chi connectivity index (χ1n) is 10.6. The molecule has 0 atom stereocenters. The van der Waals surface area contributed by atoms with E-state index in [9.17, 15) is 4.79 Å². The number of ether oxygens (including phenoxy) is 2. The van der Waals surface area contributed by atoms with Gasteiger partial charge < -0.3 is 14.8 Å². The number of carbonyl (C=O) groups is 1. The number of nitrogens with zero attached hydrogens (tertiary/aromatic N) is 4. The molecule has 2 aromatic carbocycles. The molecule has 0 unspecified atom stereocenters. The maximum Gasteiger partial charge on any atom is 0.326 e. The Morgan fingerprint density at radius 3 is 2.94 bits per heavy atom. The smallest absolute Gasteiger partial charge is 0.326 e. The SMILES string of the molecule is Cc1cccc(NC(=O)N(Cc2nc3n(n2)CCCCC3)c2ccc3c(c2)OCO3)c1. The molecule has 5 rings (SSSR count). The van der Waals surface area contributed by atoms with Crippen LogP contribution in [0.3, 0.4) is 0 Å². The minimum absolute atomic E-state index is 0.184. The zero-order valence-electron chi connectivity index (χ0n) is 17.5. The Bertz CT molecular complexity index is 1090. The third-order valence-corrected chi connectivity index (χ3v) is 5.54. The van der Waals surface area contributed by atoms with E-state index in [0.29, 0.717) is 23.0 Å². The number of anilines is 2. The molecule has 0 saturated carbocycles. The molecule has 0 saturated heterocycles. The second-order valence-electron chi connectivity index (χ2n) is 7.90. The normalized spacial score (nSPS) is 14.6. The second kappa shape index (κ2) is 8.29.